The first-order chi connectivity index (χ1) is 16.7. The first-order valence-electron chi connectivity index (χ1n) is 11.8. The molecule has 0 fully saturated rings. The van der Waals surface area contributed by atoms with Crippen LogP contribution in [0.15, 0.2) is 42.5 Å². The number of fused-ring (bicyclic) bond motifs is 1. The van der Waals surface area contributed by atoms with Gasteiger partial charge in [0.2, 0.25) is 11.9 Å². The minimum Gasteiger partial charge on any atom is -0.443 e. The van der Waals surface area contributed by atoms with Gasteiger partial charge < -0.3 is 15.4 Å². The zero-order valence-corrected chi connectivity index (χ0v) is 20.6. The number of rotatable bonds is 7. The van der Waals surface area contributed by atoms with Gasteiger partial charge in [0, 0.05) is 25.2 Å². The van der Waals surface area contributed by atoms with Gasteiger partial charge in [-0.05, 0) is 69.0 Å². The number of nitrogens with zero attached hydrogens (tertiary/aromatic N) is 4. The van der Waals surface area contributed by atoms with Crippen molar-refractivity contribution in [3.63, 3.8) is 0 Å². The van der Waals surface area contributed by atoms with E-state index in [1.807, 2.05) is 39.0 Å². The average Bonchev–Trinajstić information content (AvgIpc) is 3.21. The molecule has 0 unspecified atom stereocenters. The van der Waals surface area contributed by atoms with E-state index in [1.165, 1.54) is 12.1 Å². The largest absolute Gasteiger partial charge is 0.443 e. The van der Waals surface area contributed by atoms with Crippen molar-refractivity contribution in [1.82, 2.24) is 15.0 Å². The Labute approximate surface area is 205 Å². The highest BCUT2D eigenvalue weighted by atomic mass is 19.1. The fourth-order valence-electron chi connectivity index (χ4n) is 3.77. The summed E-state index contributed by atoms with van der Waals surface area (Å²) < 4.78 is 18.8. The Bertz CT molecular complexity index is 1190. The normalized spacial score (nSPS) is 12.9. The predicted octanol–water partition coefficient (Wildman–Crippen LogP) is 5.62. The Kier molecular flexibility index (Phi) is 7.14. The van der Waals surface area contributed by atoms with E-state index in [9.17, 15) is 9.18 Å². The van der Waals surface area contributed by atoms with Crippen LogP contribution in [0, 0.1) is 5.82 Å². The number of nitrogens with one attached hydrogen (secondary N) is 2. The molecule has 0 saturated carbocycles. The highest BCUT2D eigenvalue weighted by Crippen LogP contribution is 2.32. The molecule has 2 N–H and O–H groups in total. The molecule has 184 valence electrons. The number of amides is 1. The van der Waals surface area contributed by atoms with E-state index < -0.39 is 5.60 Å². The van der Waals surface area contributed by atoms with Gasteiger partial charge in [0.05, 0.1) is 5.69 Å². The molecule has 4 rings (SSSR count). The lowest BCUT2D eigenvalue weighted by molar-refractivity contribution is 0.0584. The summed E-state index contributed by atoms with van der Waals surface area (Å²) in [6.45, 7) is 8.67. The summed E-state index contributed by atoms with van der Waals surface area (Å²) >= 11 is 0. The molecule has 0 saturated heterocycles. The number of anilines is 4. The number of aryl methyl sites for hydroxylation is 1. The number of carbonyl (C=O) groups excluding carboxylic acids is 1. The topological polar surface area (TPSA) is 92.3 Å². The van der Waals surface area contributed by atoms with E-state index in [0.717, 1.165) is 35.3 Å². The number of hydrogen-bond donors (Lipinski definition) is 2. The Morgan fingerprint density at radius 1 is 1.09 bits per heavy atom. The maximum atomic E-state index is 13.2. The fraction of sp³-hybridized carbons (Fsp3) is 0.385. The van der Waals surface area contributed by atoms with Gasteiger partial charge in [-0.15, -0.1) is 0 Å². The monoisotopic (exact) mass is 478 g/mol. The molecule has 8 nitrogen and oxygen atoms in total. The standard InChI is InChI=1S/C26H31FN6O2/c1-5-6-22-30-23(28-16-17-7-10-19(27)11-8-17)32-24(31-22)29-20-12-9-18-13-14-33(21(18)15-20)25(34)35-26(2,3)4/h7-12,15H,5-6,13-14,16H2,1-4H3,(H2,28,29,30,31,32). The summed E-state index contributed by atoms with van der Waals surface area (Å²) in [6.07, 6.45) is 2.02. The smallest absolute Gasteiger partial charge is 0.414 e. The molecule has 2 heterocycles. The van der Waals surface area contributed by atoms with Crippen LogP contribution in [0.3, 0.4) is 0 Å². The first kappa shape index (κ1) is 24.4. The van der Waals surface area contributed by atoms with Gasteiger partial charge in [0.1, 0.15) is 17.2 Å². The van der Waals surface area contributed by atoms with Crippen molar-refractivity contribution < 1.29 is 13.9 Å². The molecule has 9 heteroatoms. The lowest BCUT2D eigenvalue weighted by Gasteiger charge is -2.25. The van der Waals surface area contributed by atoms with Crippen molar-refractivity contribution >= 4 is 29.4 Å². The highest BCUT2D eigenvalue weighted by molar-refractivity contribution is 5.91. The minimum absolute atomic E-state index is 0.273. The van der Waals surface area contributed by atoms with E-state index in [2.05, 4.69) is 32.5 Å². The van der Waals surface area contributed by atoms with Gasteiger partial charge in [-0.2, -0.15) is 15.0 Å². The molecule has 0 spiro atoms. The molecule has 1 aromatic heterocycles. The van der Waals surface area contributed by atoms with Crippen molar-refractivity contribution in [2.75, 3.05) is 22.1 Å². The van der Waals surface area contributed by atoms with Gasteiger partial charge >= 0.3 is 6.09 Å². The SMILES string of the molecule is CCCc1nc(NCc2ccc(F)cc2)nc(Nc2ccc3c(c2)N(C(=O)OC(C)(C)C)CC3)n1. The third kappa shape index (κ3) is 6.44. The number of halogens is 1. The van der Waals surface area contributed by atoms with Crippen LogP contribution in [-0.2, 0) is 24.1 Å². The van der Waals surface area contributed by atoms with Gasteiger partial charge in [0.25, 0.3) is 0 Å². The number of aromatic nitrogens is 3. The van der Waals surface area contributed by atoms with Crippen LogP contribution in [0.4, 0.5) is 32.5 Å². The van der Waals surface area contributed by atoms with Gasteiger partial charge in [0.15, 0.2) is 0 Å². The fourth-order valence-corrected chi connectivity index (χ4v) is 3.77. The van der Waals surface area contributed by atoms with Crippen LogP contribution >= 0.6 is 0 Å². The molecular weight excluding hydrogens is 447 g/mol. The summed E-state index contributed by atoms with van der Waals surface area (Å²) in [5.74, 6) is 1.24. The second kappa shape index (κ2) is 10.2. The minimum atomic E-state index is -0.562. The van der Waals surface area contributed by atoms with Crippen LogP contribution < -0.4 is 15.5 Å². The molecule has 3 aromatic rings. The molecule has 35 heavy (non-hydrogen) atoms. The van der Waals surface area contributed by atoms with Gasteiger partial charge in [-0.1, -0.05) is 25.1 Å². The van der Waals surface area contributed by atoms with Crippen molar-refractivity contribution in [2.24, 2.45) is 0 Å². The lowest BCUT2D eigenvalue weighted by Crippen LogP contribution is -2.35. The predicted molar refractivity (Wildman–Crippen MR) is 135 cm³/mol. The quantitative estimate of drug-likeness (QED) is 0.455. The van der Waals surface area contributed by atoms with Crippen LogP contribution in [-0.4, -0.2) is 33.2 Å². The second-order valence-corrected chi connectivity index (χ2v) is 9.48. The summed E-state index contributed by atoms with van der Waals surface area (Å²) in [7, 11) is 0. The van der Waals surface area contributed by atoms with E-state index >= 15 is 0 Å². The summed E-state index contributed by atoms with van der Waals surface area (Å²) in [5, 5.41) is 6.45. The average molecular weight is 479 g/mol. The Hall–Kier alpha value is -3.75. The lowest BCUT2D eigenvalue weighted by atomic mass is 10.1. The van der Waals surface area contributed by atoms with Crippen molar-refractivity contribution in [3.05, 3.63) is 65.2 Å². The van der Waals surface area contributed by atoms with E-state index in [-0.39, 0.29) is 11.9 Å². The maximum absolute atomic E-state index is 13.2. The van der Waals surface area contributed by atoms with Crippen LogP contribution in [0.1, 0.15) is 51.1 Å². The molecule has 1 aliphatic heterocycles. The summed E-state index contributed by atoms with van der Waals surface area (Å²) in [4.78, 5) is 27.9. The molecule has 1 aliphatic rings. The third-order valence-corrected chi connectivity index (χ3v) is 5.37. The van der Waals surface area contributed by atoms with Crippen LogP contribution in [0.2, 0.25) is 0 Å². The Balaban J connectivity index is 1.52. The summed E-state index contributed by atoms with van der Waals surface area (Å²) in [6, 6.07) is 12.2. The van der Waals surface area contributed by atoms with E-state index in [4.69, 9.17) is 4.74 Å². The first-order valence-corrected chi connectivity index (χ1v) is 11.8. The molecule has 2 aromatic carbocycles. The Morgan fingerprint density at radius 3 is 2.54 bits per heavy atom. The molecular formula is C26H31FN6O2. The Morgan fingerprint density at radius 2 is 1.83 bits per heavy atom. The van der Waals surface area contributed by atoms with E-state index in [0.29, 0.717) is 37.2 Å². The molecule has 0 atom stereocenters. The van der Waals surface area contributed by atoms with Gasteiger partial charge in [-0.3, -0.25) is 4.90 Å². The molecule has 0 radical (unpaired) electrons. The second-order valence-electron chi connectivity index (χ2n) is 9.48. The zero-order chi connectivity index (χ0) is 25.0. The number of ether oxygens (including phenoxy) is 1. The molecule has 0 bridgehead atoms. The maximum Gasteiger partial charge on any atom is 0.414 e. The van der Waals surface area contributed by atoms with Crippen LogP contribution in [0.5, 0.6) is 0 Å². The zero-order valence-electron chi connectivity index (χ0n) is 20.6. The van der Waals surface area contributed by atoms with Crippen LogP contribution in [0.25, 0.3) is 0 Å². The van der Waals surface area contributed by atoms with E-state index in [1.54, 1.807) is 17.0 Å². The molecule has 1 amide bonds. The third-order valence-electron chi connectivity index (χ3n) is 5.37. The van der Waals surface area contributed by atoms with Crippen molar-refractivity contribution in [1.29, 1.82) is 0 Å². The van der Waals surface area contributed by atoms with Gasteiger partial charge in [-0.25, -0.2) is 9.18 Å². The number of benzene rings is 2. The van der Waals surface area contributed by atoms with Crippen molar-refractivity contribution in [3.8, 4) is 0 Å². The molecule has 0 aliphatic carbocycles. The number of hydrogen-bond acceptors (Lipinski definition) is 7. The summed E-state index contributed by atoms with van der Waals surface area (Å²) in [5.41, 5.74) is 3.02. The number of carbonyl (C=O) groups is 1. The van der Waals surface area contributed by atoms with Crippen molar-refractivity contribution in [2.45, 2.75) is 59.1 Å². The highest BCUT2D eigenvalue weighted by Gasteiger charge is 2.29.